The van der Waals surface area contributed by atoms with Gasteiger partial charge in [-0.15, -0.1) is 0 Å². The fourth-order valence-electron chi connectivity index (χ4n) is 1.95. The molecule has 108 valence electrons. The van der Waals surface area contributed by atoms with Crippen LogP contribution in [0.2, 0.25) is 0 Å². The van der Waals surface area contributed by atoms with E-state index in [4.69, 9.17) is 14.6 Å². The molecule has 1 aromatic rings. The Morgan fingerprint density at radius 2 is 2.10 bits per heavy atom. The average Bonchev–Trinajstić information content (AvgIpc) is 2.91. The van der Waals surface area contributed by atoms with Gasteiger partial charge in [0.05, 0.1) is 12.8 Å². The van der Waals surface area contributed by atoms with Crippen LogP contribution in [0.25, 0.3) is 0 Å². The van der Waals surface area contributed by atoms with Gasteiger partial charge in [-0.1, -0.05) is 0 Å². The number of carbonyl (C=O) groups excluding carboxylic acids is 1. The number of hydrogen-bond donors (Lipinski definition) is 2. The van der Waals surface area contributed by atoms with Gasteiger partial charge in [-0.2, -0.15) is 0 Å². The Kier molecular flexibility index (Phi) is 4.19. The van der Waals surface area contributed by atoms with Crippen LogP contribution in [0.15, 0.2) is 18.2 Å². The van der Waals surface area contributed by atoms with Crippen molar-refractivity contribution in [2.75, 3.05) is 12.4 Å². The Balaban J connectivity index is 2.03. The molecule has 1 fully saturated rings. The van der Waals surface area contributed by atoms with Crippen molar-refractivity contribution in [1.82, 2.24) is 0 Å². The summed E-state index contributed by atoms with van der Waals surface area (Å²) in [6.07, 6.45) is -1.33. The molecule has 0 saturated carbocycles. The number of carboxylic acid groups (broad SMARTS) is 1. The number of aliphatic carboxylic acids is 1. The third-order valence-electron chi connectivity index (χ3n) is 3.02. The number of carbonyl (C=O) groups is 2. The number of methoxy groups -OCH3 is 1. The number of amides is 1. The molecule has 2 rings (SSSR count). The van der Waals surface area contributed by atoms with E-state index in [2.05, 4.69) is 5.32 Å². The van der Waals surface area contributed by atoms with Gasteiger partial charge in [0.1, 0.15) is 17.7 Å². The zero-order valence-electron chi connectivity index (χ0n) is 10.8. The summed E-state index contributed by atoms with van der Waals surface area (Å²) in [4.78, 5) is 22.6. The Labute approximate surface area is 114 Å². The van der Waals surface area contributed by atoms with E-state index in [0.29, 0.717) is 5.75 Å². The zero-order valence-corrected chi connectivity index (χ0v) is 10.8. The van der Waals surface area contributed by atoms with Crippen molar-refractivity contribution >= 4 is 17.6 Å². The van der Waals surface area contributed by atoms with Gasteiger partial charge in [-0.3, -0.25) is 4.79 Å². The first-order chi connectivity index (χ1) is 9.51. The molecular formula is C13H14FNO5. The van der Waals surface area contributed by atoms with Crippen molar-refractivity contribution in [2.45, 2.75) is 25.0 Å². The van der Waals surface area contributed by atoms with Crippen LogP contribution in [0.4, 0.5) is 10.1 Å². The lowest BCUT2D eigenvalue weighted by molar-refractivity contribution is -0.150. The summed E-state index contributed by atoms with van der Waals surface area (Å²) in [5.41, 5.74) is -0.0308. The first-order valence-electron chi connectivity index (χ1n) is 6.04. The molecule has 0 unspecified atom stereocenters. The number of benzene rings is 1. The molecule has 7 heteroatoms. The van der Waals surface area contributed by atoms with Gasteiger partial charge in [0.2, 0.25) is 0 Å². The van der Waals surface area contributed by atoms with E-state index >= 15 is 0 Å². The van der Waals surface area contributed by atoms with E-state index in [1.54, 1.807) is 0 Å². The van der Waals surface area contributed by atoms with Crippen molar-refractivity contribution in [3.05, 3.63) is 24.0 Å². The molecule has 0 radical (unpaired) electrons. The smallest absolute Gasteiger partial charge is 0.332 e. The molecule has 0 aromatic heterocycles. The summed E-state index contributed by atoms with van der Waals surface area (Å²) in [5.74, 6) is -1.88. The maximum Gasteiger partial charge on any atom is 0.332 e. The Morgan fingerprint density at radius 1 is 1.40 bits per heavy atom. The first kappa shape index (κ1) is 14.3. The van der Waals surface area contributed by atoms with Gasteiger partial charge in [-0.05, 0) is 25.0 Å². The molecule has 0 aliphatic carbocycles. The lowest BCUT2D eigenvalue weighted by Crippen LogP contribution is -2.30. The number of hydrogen-bond acceptors (Lipinski definition) is 4. The van der Waals surface area contributed by atoms with Gasteiger partial charge >= 0.3 is 5.97 Å². The second kappa shape index (κ2) is 5.87. The fraction of sp³-hybridized carbons (Fsp3) is 0.385. The minimum atomic E-state index is -1.10. The summed E-state index contributed by atoms with van der Waals surface area (Å²) in [6, 6.07) is 3.94. The van der Waals surface area contributed by atoms with Crippen molar-refractivity contribution in [1.29, 1.82) is 0 Å². The molecule has 1 aliphatic rings. The zero-order chi connectivity index (χ0) is 14.7. The Hall–Kier alpha value is -2.15. The SMILES string of the molecule is COc1ccc(F)c(NC(=O)[C@@H]2CC[C@H](C(=O)O)O2)c1. The van der Waals surface area contributed by atoms with Gasteiger partial charge in [0.15, 0.2) is 6.10 Å². The van der Waals surface area contributed by atoms with Crippen LogP contribution in [-0.4, -0.2) is 36.3 Å². The third kappa shape index (κ3) is 3.05. The summed E-state index contributed by atoms with van der Waals surface area (Å²) in [5, 5.41) is 11.2. The fourth-order valence-corrected chi connectivity index (χ4v) is 1.95. The second-order valence-corrected chi connectivity index (χ2v) is 4.36. The molecule has 1 saturated heterocycles. The van der Waals surface area contributed by atoms with Gasteiger partial charge in [-0.25, -0.2) is 9.18 Å². The summed E-state index contributed by atoms with van der Waals surface area (Å²) in [7, 11) is 1.43. The molecule has 0 spiro atoms. The molecule has 1 heterocycles. The highest BCUT2D eigenvalue weighted by Crippen LogP contribution is 2.24. The standard InChI is InChI=1S/C13H14FNO5/c1-19-7-2-3-8(14)9(6-7)15-12(16)10-4-5-11(20-10)13(17)18/h2-3,6,10-11H,4-5H2,1H3,(H,15,16)(H,17,18)/t10-,11+/m0/s1. The summed E-state index contributed by atoms with van der Waals surface area (Å²) in [6.45, 7) is 0. The Morgan fingerprint density at radius 3 is 2.70 bits per heavy atom. The molecular weight excluding hydrogens is 269 g/mol. The molecule has 2 atom stereocenters. The van der Waals surface area contributed by atoms with E-state index < -0.39 is 29.9 Å². The summed E-state index contributed by atoms with van der Waals surface area (Å²) >= 11 is 0. The molecule has 6 nitrogen and oxygen atoms in total. The van der Waals surface area contributed by atoms with E-state index in [1.165, 1.54) is 25.3 Å². The van der Waals surface area contributed by atoms with Crippen molar-refractivity contribution in [3.8, 4) is 5.75 Å². The average molecular weight is 283 g/mol. The first-order valence-corrected chi connectivity index (χ1v) is 6.04. The maximum absolute atomic E-state index is 13.6. The number of nitrogens with one attached hydrogen (secondary N) is 1. The van der Waals surface area contributed by atoms with Crippen LogP contribution >= 0.6 is 0 Å². The summed E-state index contributed by atoms with van der Waals surface area (Å²) < 4.78 is 23.6. The molecule has 2 N–H and O–H groups in total. The lowest BCUT2D eigenvalue weighted by Gasteiger charge is -2.13. The number of rotatable bonds is 4. The van der Waals surface area contributed by atoms with E-state index in [1.807, 2.05) is 0 Å². The van der Waals surface area contributed by atoms with Gasteiger partial charge in [0.25, 0.3) is 5.91 Å². The van der Waals surface area contributed by atoms with E-state index in [0.717, 1.165) is 0 Å². The van der Waals surface area contributed by atoms with E-state index in [-0.39, 0.29) is 18.5 Å². The normalized spacial score (nSPS) is 21.5. The largest absolute Gasteiger partial charge is 0.497 e. The van der Waals surface area contributed by atoms with Gasteiger partial charge in [0, 0.05) is 6.07 Å². The molecule has 1 aromatic carbocycles. The highest BCUT2D eigenvalue weighted by Gasteiger charge is 2.34. The van der Waals surface area contributed by atoms with E-state index in [9.17, 15) is 14.0 Å². The van der Waals surface area contributed by atoms with Crippen molar-refractivity contribution in [2.24, 2.45) is 0 Å². The van der Waals surface area contributed by atoms with Crippen LogP contribution in [0.1, 0.15) is 12.8 Å². The number of halogens is 1. The molecule has 1 amide bonds. The van der Waals surface area contributed by atoms with Crippen LogP contribution in [-0.2, 0) is 14.3 Å². The maximum atomic E-state index is 13.6. The lowest BCUT2D eigenvalue weighted by atomic mass is 10.2. The topological polar surface area (TPSA) is 84.9 Å². The quantitative estimate of drug-likeness (QED) is 0.872. The van der Waals surface area contributed by atoms with Crippen LogP contribution in [0.3, 0.4) is 0 Å². The Bertz CT molecular complexity index is 533. The van der Waals surface area contributed by atoms with Crippen molar-refractivity contribution in [3.63, 3.8) is 0 Å². The molecule has 20 heavy (non-hydrogen) atoms. The molecule has 1 aliphatic heterocycles. The highest BCUT2D eigenvalue weighted by molar-refractivity contribution is 5.95. The number of ether oxygens (including phenoxy) is 2. The minimum absolute atomic E-state index is 0.0308. The number of carboxylic acids is 1. The highest BCUT2D eigenvalue weighted by atomic mass is 19.1. The predicted octanol–water partition coefficient (Wildman–Crippen LogP) is 1.41. The van der Waals surface area contributed by atoms with Crippen LogP contribution in [0.5, 0.6) is 5.75 Å². The third-order valence-corrected chi connectivity index (χ3v) is 3.02. The predicted molar refractivity (Wildman–Crippen MR) is 67.1 cm³/mol. The van der Waals surface area contributed by atoms with Crippen LogP contribution in [0, 0.1) is 5.82 Å². The number of anilines is 1. The minimum Gasteiger partial charge on any atom is -0.497 e. The second-order valence-electron chi connectivity index (χ2n) is 4.36. The van der Waals surface area contributed by atoms with Gasteiger partial charge < -0.3 is 19.9 Å². The van der Waals surface area contributed by atoms with Crippen LogP contribution < -0.4 is 10.1 Å². The van der Waals surface area contributed by atoms with Crippen molar-refractivity contribution < 1.29 is 28.6 Å². The molecule has 0 bridgehead atoms. The monoisotopic (exact) mass is 283 g/mol.